The maximum absolute atomic E-state index is 6.27. The normalized spacial score (nSPS) is 14.6. The molecule has 1 atom stereocenters. The van der Waals surface area contributed by atoms with Crippen LogP contribution in [-0.4, -0.2) is 19.1 Å². The van der Waals surface area contributed by atoms with Gasteiger partial charge in [0.05, 0.1) is 0 Å². The lowest BCUT2D eigenvalue weighted by atomic mass is 9.77. The fourth-order valence-electron chi connectivity index (χ4n) is 2.24. The standard InChI is InChI=1S/C17H27ClO/c1-4-17(14-18,16-8-6-5-7-9-16)11-13-19-12-10-15(2)3/h5-9,15H,4,10-14H2,1-3H3. The number of rotatable bonds is 9. The van der Waals surface area contributed by atoms with E-state index in [1.54, 1.807) is 0 Å². The third-order valence-corrected chi connectivity index (χ3v) is 4.39. The van der Waals surface area contributed by atoms with Crippen LogP contribution >= 0.6 is 11.6 Å². The van der Waals surface area contributed by atoms with Crippen molar-refractivity contribution in [3.05, 3.63) is 35.9 Å². The number of alkyl halides is 1. The molecule has 0 heterocycles. The van der Waals surface area contributed by atoms with E-state index in [4.69, 9.17) is 16.3 Å². The van der Waals surface area contributed by atoms with E-state index in [1.807, 2.05) is 0 Å². The molecule has 0 fully saturated rings. The molecule has 2 heteroatoms. The van der Waals surface area contributed by atoms with E-state index in [2.05, 4.69) is 51.1 Å². The molecule has 0 N–H and O–H groups in total. The number of ether oxygens (including phenoxy) is 1. The van der Waals surface area contributed by atoms with Crippen LogP contribution in [0.4, 0.5) is 0 Å². The molecular weight excluding hydrogens is 256 g/mol. The zero-order chi connectivity index (χ0) is 14.1. The summed E-state index contributed by atoms with van der Waals surface area (Å²) in [6, 6.07) is 10.6. The second kappa shape index (κ2) is 8.60. The van der Waals surface area contributed by atoms with E-state index in [-0.39, 0.29) is 5.41 Å². The Morgan fingerprint density at radius 3 is 2.37 bits per heavy atom. The smallest absolute Gasteiger partial charge is 0.0474 e. The number of hydrogen-bond acceptors (Lipinski definition) is 1. The molecule has 1 aromatic rings. The summed E-state index contributed by atoms with van der Waals surface area (Å²) in [5.74, 6) is 1.36. The van der Waals surface area contributed by atoms with Crippen molar-refractivity contribution in [2.24, 2.45) is 5.92 Å². The monoisotopic (exact) mass is 282 g/mol. The van der Waals surface area contributed by atoms with Gasteiger partial charge in [0, 0.05) is 24.5 Å². The minimum atomic E-state index is 0.0562. The van der Waals surface area contributed by atoms with E-state index >= 15 is 0 Å². The van der Waals surface area contributed by atoms with Crippen molar-refractivity contribution >= 4 is 11.6 Å². The van der Waals surface area contributed by atoms with Gasteiger partial charge in [-0.1, -0.05) is 51.1 Å². The first-order chi connectivity index (χ1) is 9.14. The van der Waals surface area contributed by atoms with Crippen molar-refractivity contribution in [2.45, 2.75) is 45.4 Å². The molecule has 1 nitrogen and oxygen atoms in total. The van der Waals surface area contributed by atoms with E-state index in [0.29, 0.717) is 11.8 Å². The zero-order valence-electron chi connectivity index (χ0n) is 12.5. The summed E-state index contributed by atoms with van der Waals surface area (Å²) in [5, 5.41) is 0. The van der Waals surface area contributed by atoms with Crippen LogP contribution in [0.15, 0.2) is 30.3 Å². The largest absolute Gasteiger partial charge is 0.381 e. The zero-order valence-corrected chi connectivity index (χ0v) is 13.2. The summed E-state index contributed by atoms with van der Waals surface area (Å²) in [7, 11) is 0. The summed E-state index contributed by atoms with van der Waals surface area (Å²) in [6.45, 7) is 8.31. The lowest BCUT2D eigenvalue weighted by molar-refractivity contribution is 0.106. The van der Waals surface area contributed by atoms with Crippen LogP contribution in [0.5, 0.6) is 0 Å². The van der Waals surface area contributed by atoms with Crippen LogP contribution in [0.1, 0.15) is 45.6 Å². The first-order valence-corrected chi connectivity index (χ1v) is 7.87. The van der Waals surface area contributed by atoms with E-state index in [0.717, 1.165) is 32.5 Å². The van der Waals surface area contributed by atoms with Gasteiger partial charge in [-0.3, -0.25) is 0 Å². The number of benzene rings is 1. The van der Waals surface area contributed by atoms with Crippen molar-refractivity contribution in [1.82, 2.24) is 0 Å². The molecule has 1 aromatic carbocycles. The predicted octanol–water partition coefficient (Wildman–Crippen LogP) is 5.03. The van der Waals surface area contributed by atoms with E-state index in [1.165, 1.54) is 5.56 Å². The minimum absolute atomic E-state index is 0.0562. The van der Waals surface area contributed by atoms with E-state index in [9.17, 15) is 0 Å². The third kappa shape index (κ3) is 5.16. The average Bonchev–Trinajstić information content (AvgIpc) is 2.44. The second-order valence-corrected chi connectivity index (χ2v) is 5.95. The summed E-state index contributed by atoms with van der Waals surface area (Å²) in [5.41, 5.74) is 1.39. The van der Waals surface area contributed by atoms with Gasteiger partial charge in [-0.15, -0.1) is 11.6 Å². The molecule has 0 aromatic heterocycles. The van der Waals surface area contributed by atoms with Crippen LogP contribution in [0.25, 0.3) is 0 Å². The molecule has 0 aliphatic heterocycles. The summed E-state index contributed by atoms with van der Waals surface area (Å²) >= 11 is 6.27. The first kappa shape index (κ1) is 16.5. The van der Waals surface area contributed by atoms with Crippen molar-refractivity contribution in [1.29, 1.82) is 0 Å². The van der Waals surface area contributed by atoms with Gasteiger partial charge in [0.15, 0.2) is 0 Å². The molecule has 0 saturated carbocycles. The maximum Gasteiger partial charge on any atom is 0.0474 e. The molecule has 1 rings (SSSR count). The van der Waals surface area contributed by atoms with Gasteiger partial charge >= 0.3 is 0 Å². The van der Waals surface area contributed by atoms with Crippen molar-refractivity contribution in [3.8, 4) is 0 Å². The van der Waals surface area contributed by atoms with Crippen LogP contribution in [0.2, 0.25) is 0 Å². The third-order valence-electron chi connectivity index (χ3n) is 3.88. The summed E-state index contributed by atoms with van der Waals surface area (Å²) in [4.78, 5) is 0. The Hall–Kier alpha value is -0.530. The number of hydrogen-bond donors (Lipinski definition) is 0. The molecular formula is C17H27ClO. The first-order valence-electron chi connectivity index (χ1n) is 7.34. The Morgan fingerprint density at radius 2 is 1.84 bits per heavy atom. The predicted molar refractivity (Wildman–Crippen MR) is 84.0 cm³/mol. The molecule has 0 saturated heterocycles. The second-order valence-electron chi connectivity index (χ2n) is 5.68. The molecule has 1 unspecified atom stereocenters. The van der Waals surface area contributed by atoms with Gasteiger partial charge in [-0.2, -0.15) is 0 Å². The van der Waals surface area contributed by atoms with Gasteiger partial charge < -0.3 is 4.74 Å². The maximum atomic E-state index is 6.27. The Labute approximate surface area is 123 Å². The van der Waals surface area contributed by atoms with Crippen molar-refractivity contribution < 1.29 is 4.74 Å². The van der Waals surface area contributed by atoms with Gasteiger partial charge in [-0.25, -0.2) is 0 Å². The molecule has 108 valence electrons. The Bertz CT molecular complexity index is 330. The highest BCUT2D eigenvalue weighted by Crippen LogP contribution is 2.33. The minimum Gasteiger partial charge on any atom is -0.381 e. The van der Waals surface area contributed by atoms with Crippen LogP contribution < -0.4 is 0 Å². The highest BCUT2D eigenvalue weighted by molar-refractivity contribution is 6.18. The average molecular weight is 283 g/mol. The van der Waals surface area contributed by atoms with Crippen molar-refractivity contribution in [2.75, 3.05) is 19.1 Å². The highest BCUT2D eigenvalue weighted by Gasteiger charge is 2.28. The topological polar surface area (TPSA) is 9.23 Å². The summed E-state index contributed by atoms with van der Waals surface area (Å²) in [6.07, 6.45) is 3.18. The van der Waals surface area contributed by atoms with Crippen LogP contribution in [-0.2, 0) is 10.2 Å². The quantitative estimate of drug-likeness (QED) is 0.456. The van der Waals surface area contributed by atoms with Gasteiger partial charge in [0.25, 0.3) is 0 Å². The van der Waals surface area contributed by atoms with E-state index < -0.39 is 0 Å². The molecule has 0 aliphatic rings. The molecule has 0 bridgehead atoms. The van der Waals surface area contributed by atoms with Crippen molar-refractivity contribution in [3.63, 3.8) is 0 Å². The van der Waals surface area contributed by atoms with Gasteiger partial charge in [0.1, 0.15) is 0 Å². The molecule has 0 amide bonds. The number of halogens is 1. The molecule has 0 aliphatic carbocycles. The van der Waals surface area contributed by atoms with Gasteiger partial charge in [-0.05, 0) is 30.7 Å². The fourth-order valence-corrected chi connectivity index (χ4v) is 2.72. The van der Waals surface area contributed by atoms with Crippen LogP contribution in [0.3, 0.4) is 0 Å². The highest BCUT2D eigenvalue weighted by atomic mass is 35.5. The SMILES string of the molecule is CCC(CCl)(CCOCCC(C)C)c1ccccc1. The fraction of sp³-hybridized carbons (Fsp3) is 0.647. The molecule has 19 heavy (non-hydrogen) atoms. The lowest BCUT2D eigenvalue weighted by Gasteiger charge is -2.31. The Morgan fingerprint density at radius 1 is 1.16 bits per heavy atom. The Balaban J connectivity index is 2.53. The van der Waals surface area contributed by atoms with Crippen LogP contribution in [0, 0.1) is 5.92 Å². The molecule has 0 radical (unpaired) electrons. The summed E-state index contributed by atoms with van der Waals surface area (Å²) < 4.78 is 5.77. The molecule has 0 spiro atoms. The Kier molecular flexibility index (Phi) is 7.48. The van der Waals surface area contributed by atoms with Gasteiger partial charge in [0.2, 0.25) is 0 Å². The lowest BCUT2D eigenvalue weighted by Crippen LogP contribution is -2.29.